The van der Waals surface area contributed by atoms with Crippen molar-refractivity contribution in [3.05, 3.63) is 23.8 Å². The molecule has 0 bridgehead atoms. The first-order valence-electron chi connectivity index (χ1n) is 6.73. The van der Waals surface area contributed by atoms with Gasteiger partial charge in [0.25, 0.3) is 5.91 Å². The minimum atomic E-state index is -0.976. The number of carbonyl (C=O) groups is 2. The van der Waals surface area contributed by atoms with E-state index in [0.717, 1.165) is 0 Å². The van der Waals surface area contributed by atoms with Crippen LogP contribution in [-0.2, 0) is 4.79 Å². The third-order valence-electron chi connectivity index (χ3n) is 2.98. The SMILES string of the molecule is COc1cccc(C(=O)NC(CC(=O)O)CC(C)C)c1O. The van der Waals surface area contributed by atoms with E-state index in [1.54, 1.807) is 6.07 Å². The van der Waals surface area contributed by atoms with E-state index in [2.05, 4.69) is 5.32 Å². The van der Waals surface area contributed by atoms with Crippen molar-refractivity contribution >= 4 is 11.9 Å². The van der Waals surface area contributed by atoms with E-state index in [4.69, 9.17) is 9.84 Å². The molecule has 3 N–H and O–H groups in total. The Hall–Kier alpha value is -2.24. The molecule has 0 radical (unpaired) electrons. The molecule has 21 heavy (non-hydrogen) atoms. The molecule has 1 amide bonds. The number of amides is 1. The number of hydrogen-bond acceptors (Lipinski definition) is 4. The quantitative estimate of drug-likeness (QED) is 0.715. The highest BCUT2D eigenvalue weighted by molar-refractivity contribution is 5.98. The molecular formula is C15H21NO5. The standard InChI is InChI=1S/C15H21NO5/c1-9(2)7-10(8-13(17)18)16-15(20)11-5-4-6-12(21-3)14(11)19/h4-6,9-10,19H,7-8H2,1-3H3,(H,16,20)(H,17,18). The monoisotopic (exact) mass is 295 g/mol. The topological polar surface area (TPSA) is 95.9 Å². The normalized spacial score (nSPS) is 12.0. The van der Waals surface area contributed by atoms with Crippen molar-refractivity contribution in [2.45, 2.75) is 32.7 Å². The van der Waals surface area contributed by atoms with Crippen LogP contribution in [0.25, 0.3) is 0 Å². The molecule has 0 saturated heterocycles. The molecule has 0 aromatic heterocycles. The lowest BCUT2D eigenvalue weighted by Gasteiger charge is -2.19. The highest BCUT2D eigenvalue weighted by atomic mass is 16.5. The summed E-state index contributed by atoms with van der Waals surface area (Å²) in [6, 6.07) is 4.10. The number of rotatable bonds is 7. The Bertz CT molecular complexity index is 513. The van der Waals surface area contributed by atoms with Crippen LogP contribution < -0.4 is 10.1 Å². The molecule has 1 aromatic rings. The summed E-state index contributed by atoms with van der Waals surface area (Å²) in [5.74, 6) is -1.31. The summed E-state index contributed by atoms with van der Waals surface area (Å²) in [5.41, 5.74) is 0.0634. The van der Waals surface area contributed by atoms with Gasteiger partial charge in [-0.3, -0.25) is 9.59 Å². The van der Waals surface area contributed by atoms with Gasteiger partial charge in [-0.15, -0.1) is 0 Å². The van der Waals surface area contributed by atoms with Gasteiger partial charge < -0.3 is 20.3 Å². The Morgan fingerprint density at radius 2 is 2.00 bits per heavy atom. The van der Waals surface area contributed by atoms with E-state index in [-0.39, 0.29) is 29.4 Å². The maximum atomic E-state index is 12.2. The summed E-state index contributed by atoms with van der Waals surface area (Å²) in [7, 11) is 1.39. The summed E-state index contributed by atoms with van der Waals surface area (Å²) >= 11 is 0. The first-order valence-corrected chi connectivity index (χ1v) is 6.73. The number of carbonyl (C=O) groups excluding carboxylic acids is 1. The van der Waals surface area contributed by atoms with Crippen LogP contribution in [0.15, 0.2) is 18.2 Å². The average Bonchev–Trinajstić information content (AvgIpc) is 2.37. The van der Waals surface area contributed by atoms with Gasteiger partial charge in [-0.1, -0.05) is 19.9 Å². The molecule has 0 aliphatic rings. The smallest absolute Gasteiger partial charge is 0.305 e. The van der Waals surface area contributed by atoms with Gasteiger partial charge in [-0.05, 0) is 24.5 Å². The fraction of sp³-hybridized carbons (Fsp3) is 0.467. The second-order valence-electron chi connectivity index (χ2n) is 5.25. The third kappa shape index (κ3) is 4.98. The summed E-state index contributed by atoms with van der Waals surface area (Å²) in [4.78, 5) is 23.0. The second-order valence-corrected chi connectivity index (χ2v) is 5.25. The summed E-state index contributed by atoms with van der Waals surface area (Å²) < 4.78 is 4.95. The molecule has 0 aliphatic heterocycles. The fourth-order valence-electron chi connectivity index (χ4n) is 2.11. The van der Waals surface area contributed by atoms with E-state index < -0.39 is 17.9 Å². The first kappa shape index (κ1) is 16.8. The molecule has 0 aliphatic carbocycles. The van der Waals surface area contributed by atoms with Crippen molar-refractivity contribution in [2.75, 3.05) is 7.11 Å². The maximum Gasteiger partial charge on any atom is 0.305 e. The summed E-state index contributed by atoms with van der Waals surface area (Å²) in [6.07, 6.45) is 0.386. The average molecular weight is 295 g/mol. The first-order chi connectivity index (χ1) is 9.85. The lowest BCUT2D eigenvalue weighted by atomic mass is 10.0. The number of nitrogens with one attached hydrogen (secondary N) is 1. The highest BCUT2D eigenvalue weighted by Gasteiger charge is 2.21. The van der Waals surface area contributed by atoms with Gasteiger partial charge in [0.15, 0.2) is 11.5 Å². The Labute approximate surface area is 123 Å². The minimum Gasteiger partial charge on any atom is -0.504 e. The van der Waals surface area contributed by atoms with Crippen molar-refractivity contribution in [1.82, 2.24) is 5.32 Å². The molecule has 6 nitrogen and oxygen atoms in total. The number of phenols is 1. The zero-order chi connectivity index (χ0) is 16.0. The Balaban J connectivity index is 2.88. The van der Waals surface area contributed by atoms with Crippen LogP contribution in [0.3, 0.4) is 0 Å². The van der Waals surface area contributed by atoms with Gasteiger partial charge in [0.1, 0.15) is 0 Å². The molecule has 1 aromatic carbocycles. The number of ether oxygens (including phenoxy) is 1. The minimum absolute atomic E-state index is 0.0634. The Morgan fingerprint density at radius 1 is 1.33 bits per heavy atom. The number of carboxylic acid groups (broad SMARTS) is 1. The number of aromatic hydroxyl groups is 1. The Kier molecular flexibility index (Phi) is 6.02. The summed E-state index contributed by atoms with van der Waals surface area (Å²) in [5, 5.41) is 21.5. The number of benzene rings is 1. The van der Waals surface area contributed by atoms with Crippen LogP contribution in [0.4, 0.5) is 0 Å². The van der Waals surface area contributed by atoms with E-state index >= 15 is 0 Å². The fourth-order valence-corrected chi connectivity index (χ4v) is 2.11. The van der Waals surface area contributed by atoms with Gasteiger partial charge in [0.2, 0.25) is 0 Å². The van der Waals surface area contributed by atoms with E-state index in [1.807, 2.05) is 13.8 Å². The van der Waals surface area contributed by atoms with Crippen LogP contribution in [-0.4, -0.2) is 35.2 Å². The highest BCUT2D eigenvalue weighted by Crippen LogP contribution is 2.29. The van der Waals surface area contributed by atoms with Crippen molar-refractivity contribution < 1.29 is 24.5 Å². The number of methoxy groups -OCH3 is 1. The van der Waals surface area contributed by atoms with Crippen LogP contribution in [0.2, 0.25) is 0 Å². The van der Waals surface area contributed by atoms with Crippen LogP contribution >= 0.6 is 0 Å². The van der Waals surface area contributed by atoms with Crippen LogP contribution in [0.5, 0.6) is 11.5 Å². The zero-order valence-electron chi connectivity index (χ0n) is 12.4. The van der Waals surface area contributed by atoms with Gasteiger partial charge in [0.05, 0.1) is 19.1 Å². The van der Waals surface area contributed by atoms with E-state index in [0.29, 0.717) is 6.42 Å². The number of hydrogen-bond donors (Lipinski definition) is 3. The molecule has 0 saturated carbocycles. The largest absolute Gasteiger partial charge is 0.504 e. The molecule has 116 valence electrons. The molecule has 6 heteroatoms. The van der Waals surface area contributed by atoms with Crippen molar-refractivity contribution in [1.29, 1.82) is 0 Å². The van der Waals surface area contributed by atoms with Crippen molar-refractivity contribution in [3.8, 4) is 11.5 Å². The van der Waals surface area contributed by atoms with E-state index in [9.17, 15) is 14.7 Å². The van der Waals surface area contributed by atoms with Crippen LogP contribution in [0, 0.1) is 5.92 Å². The molecule has 1 rings (SSSR count). The lowest BCUT2D eigenvalue weighted by Crippen LogP contribution is -2.37. The summed E-state index contributed by atoms with van der Waals surface area (Å²) in [6.45, 7) is 3.90. The molecule has 0 fully saturated rings. The molecule has 1 unspecified atom stereocenters. The predicted molar refractivity (Wildman–Crippen MR) is 77.6 cm³/mol. The van der Waals surface area contributed by atoms with Crippen molar-refractivity contribution in [2.24, 2.45) is 5.92 Å². The molecule has 0 spiro atoms. The third-order valence-corrected chi connectivity index (χ3v) is 2.98. The lowest BCUT2D eigenvalue weighted by molar-refractivity contribution is -0.137. The van der Waals surface area contributed by atoms with Gasteiger partial charge in [0, 0.05) is 6.04 Å². The van der Waals surface area contributed by atoms with Crippen molar-refractivity contribution in [3.63, 3.8) is 0 Å². The van der Waals surface area contributed by atoms with Gasteiger partial charge >= 0.3 is 5.97 Å². The number of phenolic OH excluding ortho intramolecular Hbond substituents is 1. The second kappa shape index (κ2) is 7.52. The number of para-hydroxylation sites is 1. The predicted octanol–water partition coefficient (Wildman–Crippen LogP) is 2.02. The van der Waals surface area contributed by atoms with Crippen LogP contribution in [0.1, 0.15) is 37.0 Å². The van der Waals surface area contributed by atoms with E-state index in [1.165, 1.54) is 19.2 Å². The van der Waals surface area contributed by atoms with Gasteiger partial charge in [-0.2, -0.15) is 0 Å². The zero-order valence-corrected chi connectivity index (χ0v) is 12.4. The maximum absolute atomic E-state index is 12.2. The van der Waals surface area contributed by atoms with Gasteiger partial charge in [-0.25, -0.2) is 0 Å². The Morgan fingerprint density at radius 3 is 2.52 bits per heavy atom. The number of carboxylic acids is 1. The molecule has 1 atom stereocenters. The molecular weight excluding hydrogens is 274 g/mol. The molecule has 0 heterocycles. The number of aliphatic carboxylic acids is 1.